The minimum absolute atomic E-state index is 0.225. The first-order valence-corrected chi connectivity index (χ1v) is 7.89. The molecule has 1 aromatic heterocycles. The van der Waals surface area contributed by atoms with Crippen LogP contribution in [0.3, 0.4) is 0 Å². The molecule has 5 heteroatoms. The summed E-state index contributed by atoms with van der Waals surface area (Å²) in [7, 11) is 0. The highest BCUT2D eigenvalue weighted by atomic mass is 79.9. The van der Waals surface area contributed by atoms with Crippen LogP contribution in [0.5, 0.6) is 0 Å². The van der Waals surface area contributed by atoms with Gasteiger partial charge in [-0.15, -0.1) is 0 Å². The van der Waals surface area contributed by atoms with Gasteiger partial charge >= 0.3 is 0 Å². The van der Waals surface area contributed by atoms with Gasteiger partial charge in [-0.05, 0) is 59.1 Å². The SMILES string of the molecule is Fc1ccc(NC2CCN(c3ccccn3)CC2)c(Br)c1. The summed E-state index contributed by atoms with van der Waals surface area (Å²) >= 11 is 3.40. The summed E-state index contributed by atoms with van der Waals surface area (Å²) < 4.78 is 13.9. The van der Waals surface area contributed by atoms with Crippen molar-refractivity contribution >= 4 is 27.4 Å². The Balaban J connectivity index is 1.59. The molecular weight excluding hydrogens is 333 g/mol. The van der Waals surface area contributed by atoms with Gasteiger partial charge in [-0.25, -0.2) is 9.37 Å². The number of nitrogens with zero attached hydrogens (tertiary/aromatic N) is 2. The second kappa shape index (κ2) is 6.43. The van der Waals surface area contributed by atoms with Gasteiger partial charge in [0.15, 0.2) is 0 Å². The van der Waals surface area contributed by atoms with E-state index in [-0.39, 0.29) is 5.82 Å². The Morgan fingerprint density at radius 3 is 2.67 bits per heavy atom. The molecular formula is C16H17BrFN3. The first-order chi connectivity index (χ1) is 10.2. The number of benzene rings is 1. The van der Waals surface area contributed by atoms with Crippen LogP contribution in [-0.4, -0.2) is 24.1 Å². The second-order valence-corrected chi connectivity index (χ2v) is 6.07. The zero-order valence-electron chi connectivity index (χ0n) is 11.6. The maximum Gasteiger partial charge on any atom is 0.128 e. The number of anilines is 2. The fourth-order valence-electron chi connectivity index (χ4n) is 2.62. The van der Waals surface area contributed by atoms with Crippen LogP contribution in [0.1, 0.15) is 12.8 Å². The molecule has 0 spiro atoms. The van der Waals surface area contributed by atoms with E-state index >= 15 is 0 Å². The van der Waals surface area contributed by atoms with Crippen LogP contribution >= 0.6 is 15.9 Å². The molecule has 3 rings (SSSR count). The van der Waals surface area contributed by atoms with E-state index < -0.39 is 0 Å². The van der Waals surface area contributed by atoms with Crippen LogP contribution in [0.4, 0.5) is 15.9 Å². The summed E-state index contributed by atoms with van der Waals surface area (Å²) in [6.45, 7) is 1.96. The molecule has 110 valence electrons. The third-order valence-electron chi connectivity index (χ3n) is 3.76. The van der Waals surface area contributed by atoms with Crippen LogP contribution in [0.15, 0.2) is 47.1 Å². The molecule has 2 heterocycles. The molecule has 1 fully saturated rings. The molecule has 1 N–H and O–H groups in total. The van der Waals surface area contributed by atoms with E-state index in [2.05, 4.69) is 31.1 Å². The Labute approximate surface area is 132 Å². The van der Waals surface area contributed by atoms with Crippen molar-refractivity contribution in [3.05, 3.63) is 52.9 Å². The van der Waals surface area contributed by atoms with Gasteiger partial charge in [-0.3, -0.25) is 0 Å². The van der Waals surface area contributed by atoms with Gasteiger partial charge < -0.3 is 10.2 Å². The minimum Gasteiger partial charge on any atom is -0.381 e. The monoisotopic (exact) mass is 349 g/mol. The Morgan fingerprint density at radius 2 is 2.00 bits per heavy atom. The first-order valence-electron chi connectivity index (χ1n) is 7.10. The molecule has 0 bridgehead atoms. The fourth-order valence-corrected chi connectivity index (χ4v) is 3.09. The van der Waals surface area contributed by atoms with Gasteiger partial charge in [-0.1, -0.05) is 6.07 Å². The van der Waals surface area contributed by atoms with Crippen molar-refractivity contribution in [1.82, 2.24) is 4.98 Å². The highest BCUT2D eigenvalue weighted by Crippen LogP contribution is 2.26. The number of rotatable bonds is 3. The highest BCUT2D eigenvalue weighted by Gasteiger charge is 2.20. The van der Waals surface area contributed by atoms with Crippen LogP contribution in [0.25, 0.3) is 0 Å². The zero-order valence-corrected chi connectivity index (χ0v) is 13.2. The third-order valence-corrected chi connectivity index (χ3v) is 4.42. The molecule has 1 saturated heterocycles. The number of piperidine rings is 1. The maximum absolute atomic E-state index is 13.1. The van der Waals surface area contributed by atoms with Crippen molar-refractivity contribution in [3.63, 3.8) is 0 Å². The number of hydrogen-bond acceptors (Lipinski definition) is 3. The average molecular weight is 350 g/mol. The number of nitrogens with one attached hydrogen (secondary N) is 1. The number of pyridine rings is 1. The molecule has 0 aliphatic carbocycles. The van der Waals surface area contributed by atoms with Gasteiger partial charge in [-0.2, -0.15) is 0 Å². The number of halogens is 2. The van der Waals surface area contributed by atoms with Gasteiger partial charge in [0.05, 0.1) is 0 Å². The summed E-state index contributed by atoms with van der Waals surface area (Å²) in [6, 6.07) is 11.2. The molecule has 0 atom stereocenters. The van der Waals surface area contributed by atoms with Crippen molar-refractivity contribution in [1.29, 1.82) is 0 Å². The van der Waals surface area contributed by atoms with E-state index in [9.17, 15) is 4.39 Å². The van der Waals surface area contributed by atoms with Crippen molar-refractivity contribution in [2.24, 2.45) is 0 Å². The fraction of sp³-hybridized carbons (Fsp3) is 0.312. The number of hydrogen-bond donors (Lipinski definition) is 1. The summed E-state index contributed by atoms with van der Waals surface area (Å²) in [5.74, 6) is 0.816. The van der Waals surface area contributed by atoms with Gasteiger partial charge in [0, 0.05) is 35.5 Å². The molecule has 3 nitrogen and oxygen atoms in total. The van der Waals surface area contributed by atoms with Gasteiger partial charge in [0.1, 0.15) is 11.6 Å². The summed E-state index contributed by atoms with van der Waals surface area (Å²) in [4.78, 5) is 6.70. The number of aromatic nitrogens is 1. The third kappa shape index (κ3) is 3.53. The highest BCUT2D eigenvalue weighted by molar-refractivity contribution is 9.10. The maximum atomic E-state index is 13.1. The molecule has 1 aromatic carbocycles. The van der Waals surface area contributed by atoms with E-state index in [1.165, 1.54) is 12.1 Å². The lowest BCUT2D eigenvalue weighted by Crippen LogP contribution is -2.39. The Bertz CT molecular complexity index is 598. The summed E-state index contributed by atoms with van der Waals surface area (Å²) in [5, 5.41) is 3.49. The van der Waals surface area contributed by atoms with E-state index in [0.717, 1.165) is 41.9 Å². The van der Waals surface area contributed by atoms with E-state index in [1.54, 1.807) is 6.07 Å². The van der Waals surface area contributed by atoms with Crippen molar-refractivity contribution in [2.75, 3.05) is 23.3 Å². The van der Waals surface area contributed by atoms with Crippen LogP contribution in [0, 0.1) is 5.82 Å². The van der Waals surface area contributed by atoms with Gasteiger partial charge in [0.2, 0.25) is 0 Å². The van der Waals surface area contributed by atoms with Gasteiger partial charge in [0.25, 0.3) is 0 Å². The molecule has 2 aromatic rings. The van der Waals surface area contributed by atoms with Crippen molar-refractivity contribution in [3.8, 4) is 0 Å². The Hall–Kier alpha value is -1.62. The first kappa shape index (κ1) is 14.3. The standard InChI is InChI=1S/C16H17BrFN3/c17-14-11-12(18)4-5-15(14)20-13-6-9-21(10-7-13)16-3-1-2-8-19-16/h1-5,8,11,13,20H,6-7,9-10H2. The summed E-state index contributed by atoms with van der Waals surface area (Å²) in [6.07, 6.45) is 3.91. The van der Waals surface area contributed by atoms with Crippen molar-refractivity contribution in [2.45, 2.75) is 18.9 Å². The molecule has 0 saturated carbocycles. The minimum atomic E-state index is -0.225. The van der Waals surface area contributed by atoms with E-state index in [0.29, 0.717) is 6.04 Å². The lowest BCUT2D eigenvalue weighted by atomic mass is 10.0. The quantitative estimate of drug-likeness (QED) is 0.905. The van der Waals surface area contributed by atoms with Crippen LogP contribution in [0.2, 0.25) is 0 Å². The lowest BCUT2D eigenvalue weighted by Gasteiger charge is -2.33. The second-order valence-electron chi connectivity index (χ2n) is 5.22. The molecule has 21 heavy (non-hydrogen) atoms. The molecule has 0 unspecified atom stereocenters. The van der Waals surface area contributed by atoms with E-state index in [1.807, 2.05) is 24.4 Å². The molecule has 0 radical (unpaired) electrons. The van der Waals surface area contributed by atoms with Crippen LogP contribution in [-0.2, 0) is 0 Å². The largest absolute Gasteiger partial charge is 0.381 e. The molecule has 0 amide bonds. The average Bonchev–Trinajstić information content (AvgIpc) is 2.52. The summed E-state index contributed by atoms with van der Waals surface area (Å²) in [5.41, 5.74) is 0.952. The Kier molecular flexibility index (Phi) is 4.39. The predicted octanol–water partition coefficient (Wildman–Crippen LogP) is 4.06. The van der Waals surface area contributed by atoms with Crippen LogP contribution < -0.4 is 10.2 Å². The zero-order chi connectivity index (χ0) is 14.7. The predicted molar refractivity (Wildman–Crippen MR) is 87.2 cm³/mol. The van der Waals surface area contributed by atoms with Crippen molar-refractivity contribution < 1.29 is 4.39 Å². The van der Waals surface area contributed by atoms with E-state index in [4.69, 9.17) is 0 Å². The normalized spacial score (nSPS) is 16.0. The molecule has 1 aliphatic rings. The molecule has 1 aliphatic heterocycles. The topological polar surface area (TPSA) is 28.2 Å². The lowest BCUT2D eigenvalue weighted by molar-refractivity contribution is 0.523. The Morgan fingerprint density at radius 1 is 1.19 bits per heavy atom. The smallest absolute Gasteiger partial charge is 0.128 e.